The number of aromatic nitrogens is 17. The predicted octanol–water partition coefficient (Wildman–Crippen LogP) is 8.35. The fraction of sp³-hybridized carbons (Fsp3) is 0.192. The van der Waals surface area contributed by atoms with Gasteiger partial charge in [-0.05, 0) is 188 Å². The molecule has 4 aromatic carbocycles. The number of benzene rings is 4. The van der Waals surface area contributed by atoms with Crippen LogP contribution >= 0.6 is 12.4 Å². The predicted molar refractivity (Wildman–Crippen MR) is 412 cm³/mol. The monoisotopic (exact) mass is 1520 g/mol. The first kappa shape index (κ1) is 88.2. The van der Waals surface area contributed by atoms with Crippen LogP contribution in [0.25, 0.3) is 62.1 Å². The molecule has 0 saturated heterocycles. The van der Waals surface area contributed by atoms with Gasteiger partial charge >= 0.3 is 47.5 Å². The van der Waals surface area contributed by atoms with Crippen LogP contribution in [0.2, 0.25) is 0 Å². The average molecular weight is 1520 g/mol. The SMILES string of the molecule is CC(N)=O.COC(=O)c1cc(-c2ccc(C)cn2)cc(-n2ncnc2C)c1.COC(=O)c1cc(NN)cc(-c2ccc(C)cn2)c1.Cc1ccc(-c2cc(C(=O)CCc3cnc(C)cn3)cc(-n3nncc3C)c2)nc1.Cc1ccc(-c2cc(C(=O)O)cc(-n3ncnc3C)c2)nc1.Cc1cnc(CN)cn1.Cl.[Na+].[OH-]. The molecular formula is C78H83ClN21NaO9. The summed E-state index contributed by atoms with van der Waals surface area (Å²) in [5.74, 6) is 4.72. The molecule has 1 amide bonds. The van der Waals surface area contributed by atoms with Crippen molar-refractivity contribution in [1.82, 2.24) is 84.4 Å². The van der Waals surface area contributed by atoms with Crippen LogP contribution in [0, 0.1) is 62.3 Å². The number of carboxylic acid groups (broad SMARTS) is 1. The number of hydrazine groups is 1. The number of carboxylic acids is 1. The number of nitrogen functional groups attached to an aromatic ring is 1. The third-order valence-corrected chi connectivity index (χ3v) is 15.5. The molecule has 9 N–H and O–H groups in total. The molecule has 0 aliphatic carbocycles. The van der Waals surface area contributed by atoms with E-state index < -0.39 is 17.9 Å². The maximum Gasteiger partial charge on any atom is 1.00 e. The number of carbonyl (C=O) groups excluding carboxylic acids is 4. The quantitative estimate of drug-likeness (QED) is 0.0199. The van der Waals surface area contributed by atoms with Gasteiger partial charge in [-0.2, -0.15) is 10.2 Å². The Labute approximate surface area is 663 Å². The minimum atomic E-state index is -0.993. The van der Waals surface area contributed by atoms with E-state index in [2.05, 4.69) is 81.5 Å². The molecule has 0 spiro atoms. The third-order valence-electron chi connectivity index (χ3n) is 15.5. The van der Waals surface area contributed by atoms with Crippen LogP contribution in [-0.2, 0) is 27.2 Å². The Balaban J connectivity index is 0.000000249. The molecule has 0 saturated carbocycles. The molecule has 0 fully saturated rings. The number of ketones is 1. The van der Waals surface area contributed by atoms with Crippen molar-refractivity contribution in [3.63, 3.8) is 0 Å². The number of pyridine rings is 4. The maximum absolute atomic E-state index is 13.0. The molecule has 0 radical (unpaired) electrons. The number of hydrogen-bond donors (Lipinski definition) is 5. The van der Waals surface area contributed by atoms with Crippen LogP contribution in [-0.4, -0.2) is 139 Å². The number of esters is 2. The number of hydrogen-bond acceptors (Lipinski definition) is 25. The molecule has 0 bridgehead atoms. The Kier molecular flexibility index (Phi) is 34.3. The van der Waals surface area contributed by atoms with Crippen LogP contribution in [0.1, 0.15) is 117 Å². The Hall–Kier alpha value is -12.4. The summed E-state index contributed by atoms with van der Waals surface area (Å²) in [6.07, 6.45) is 19.5. The Morgan fingerprint density at radius 1 is 0.464 bits per heavy atom. The molecule has 562 valence electrons. The van der Waals surface area contributed by atoms with E-state index >= 15 is 0 Å². The normalized spacial score (nSPS) is 10.1. The van der Waals surface area contributed by atoms with E-state index in [4.69, 9.17) is 21.1 Å². The minimum Gasteiger partial charge on any atom is -0.870 e. The smallest absolute Gasteiger partial charge is 0.870 e. The zero-order valence-corrected chi connectivity index (χ0v) is 65.8. The van der Waals surface area contributed by atoms with Crippen molar-refractivity contribution < 1.29 is 73.6 Å². The van der Waals surface area contributed by atoms with Gasteiger partial charge in [-0.1, -0.05) is 29.5 Å². The largest absolute Gasteiger partial charge is 1.00 e. The van der Waals surface area contributed by atoms with Gasteiger partial charge in [0, 0.05) is 103 Å². The molecular weight excluding hydrogens is 1430 g/mol. The molecule has 0 atom stereocenters. The zero-order chi connectivity index (χ0) is 77.3. The first-order valence-electron chi connectivity index (χ1n) is 33.2. The zero-order valence-electron chi connectivity index (χ0n) is 63.0. The van der Waals surface area contributed by atoms with E-state index in [1.807, 2.05) is 153 Å². The summed E-state index contributed by atoms with van der Waals surface area (Å²) in [5, 5.41) is 25.8. The molecule has 30 nitrogen and oxygen atoms in total. The molecule has 0 aliphatic rings. The van der Waals surface area contributed by atoms with E-state index in [-0.39, 0.29) is 64.7 Å². The van der Waals surface area contributed by atoms with Crippen molar-refractivity contribution >= 4 is 47.7 Å². The van der Waals surface area contributed by atoms with Gasteiger partial charge in [0.15, 0.2) is 5.78 Å². The molecule has 9 heterocycles. The second-order valence-corrected chi connectivity index (χ2v) is 24.2. The molecule has 32 heteroatoms. The second-order valence-electron chi connectivity index (χ2n) is 24.2. The molecule has 9 aromatic heterocycles. The fourth-order valence-electron chi connectivity index (χ4n) is 9.92. The average Bonchev–Trinajstić information content (AvgIpc) is 1.42. The topological polar surface area (TPSA) is 439 Å². The van der Waals surface area contributed by atoms with Gasteiger partial charge in [0.05, 0.1) is 105 Å². The van der Waals surface area contributed by atoms with Gasteiger partial charge in [-0.3, -0.25) is 55.3 Å². The number of aromatic carboxylic acids is 1. The summed E-state index contributed by atoms with van der Waals surface area (Å²) < 4.78 is 14.6. The number of halogens is 1. The Morgan fingerprint density at radius 2 is 0.845 bits per heavy atom. The van der Waals surface area contributed by atoms with Gasteiger partial charge in [0.25, 0.3) is 0 Å². The van der Waals surface area contributed by atoms with Crippen molar-refractivity contribution in [2.24, 2.45) is 17.3 Å². The van der Waals surface area contributed by atoms with Crippen LogP contribution in [0.15, 0.2) is 190 Å². The van der Waals surface area contributed by atoms with E-state index in [1.54, 1.807) is 100 Å². The van der Waals surface area contributed by atoms with Crippen molar-refractivity contribution in [2.45, 2.75) is 88.6 Å². The third kappa shape index (κ3) is 25.6. The minimum absolute atomic E-state index is 0. The van der Waals surface area contributed by atoms with E-state index in [1.165, 1.54) is 33.8 Å². The number of methoxy groups -OCH3 is 2. The fourth-order valence-corrected chi connectivity index (χ4v) is 9.92. The molecule has 13 aromatic rings. The number of nitrogens with one attached hydrogen (secondary N) is 1. The number of primary amides is 1. The summed E-state index contributed by atoms with van der Waals surface area (Å²) in [6.45, 7) is 19.0. The first-order chi connectivity index (χ1) is 51.3. The number of nitrogens with two attached hydrogens (primary N) is 3. The summed E-state index contributed by atoms with van der Waals surface area (Å²) in [6, 6.07) is 36.9. The van der Waals surface area contributed by atoms with Crippen LogP contribution in [0.3, 0.4) is 0 Å². The molecule has 0 unspecified atom stereocenters. The number of nitrogens with zero attached hydrogens (tertiary/aromatic N) is 17. The van der Waals surface area contributed by atoms with Crippen molar-refractivity contribution in [3.8, 4) is 62.1 Å². The van der Waals surface area contributed by atoms with Gasteiger partial charge in [-0.25, -0.2) is 38.4 Å². The van der Waals surface area contributed by atoms with E-state index in [0.717, 1.165) is 107 Å². The van der Waals surface area contributed by atoms with Crippen molar-refractivity contribution in [3.05, 3.63) is 274 Å². The number of rotatable bonds is 16. The number of Topliss-reactive ketones (excluding diaryl/α,β-unsaturated/α-hetero) is 1. The second kappa shape index (κ2) is 42.8. The summed E-state index contributed by atoms with van der Waals surface area (Å²) in [7, 11) is 2.70. The summed E-state index contributed by atoms with van der Waals surface area (Å²) in [5.41, 5.74) is 31.6. The molecule has 13 rings (SSSR count). The van der Waals surface area contributed by atoms with Crippen molar-refractivity contribution in [2.75, 3.05) is 19.6 Å². The van der Waals surface area contributed by atoms with E-state index in [9.17, 15) is 29.1 Å². The van der Waals surface area contributed by atoms with Gasteiger partial charge in [0.1, 0.15) is 24.3 Å². The molecule has 110 heavy (non-hydrogen) atoms. The number of anilines is 1. The maximum atomic E-state index is 13.0. The number of carbonyl (C=O) groups is 5. The van der Waals surface area contributed by atoms with Crippen LogP contribution in [0.5, 0.6) is 0 Å². The number of amides is 1. The van der Waals surface area contributed by atoms with Crippen LogP contribution < -0.4 is 52.3 Å². The standard InChI is InChI=1S/C23H22N6O.C17H16N4O2.C16H14N4O2.C14H15N3O2.C6H9N3.C2H5NO.ClH.Na.H2O/c1-15-4-6-22(26-11-15)18-8-19(10-21(9-18)29-17(3)13-27-28-29)23(30)7-5-20-14-24-16(2)12-25-20;1-11-4-5-16(18-9-11)13-6-14(17(22)23-3)8-15(7-13)21-12(2)19-10-20-21;1-10-3-4-15(17-8-10)12-5-13(16(21)22)7-14(6-12)20-11(2)18-9-19-20;1-9-3-4-13(16-8-9)10-5-11(14(18)19-2)7-12(6-10)17-15;1-5-3-9-6(2-7)4-8-5;1-2(3)4;;;/h4,6,8-14H,5,7H2,1-3H3;4-10H,1-3H3;3-9H,1-2H3,(H,21,22);3-8,17H,15H2,1-2H3;3-4H,2,7H2,1H3;1H3,(H2,3,4);1H;;1H2/q;;;;;;;+1;/p-1. The summed E-state index contributed by atoms with van der Waals surface area (Å²) >= 11 is 0. The van der Waals surface area contributed by atoms with Gasteiger partial charge in [0.2, 0.25) is 5.91 Å². The van der Waals surface area contributed by atoms with Crippen LogP contribution in [0.4, 0.5) is 5.69 Å². The van der Waals surface area contributed by atoms with Gasteiger partial charge in [-0.15, -0.1) is 17.5 Å². The van der Waals surface area contributed by atoms with Gasteiger partial charge < -0.3 is 36.9 Å². The Morgan fingerprint density at radius 3 is 1.19 bits per heavy atom. The summed E-state index contributed by atoms with van der Waals surface area (Å²) in [4.78, 5) is 99.6. The Bertz CT molecular complexity index is 5180. The first-order valence-corrected chi connectivity index (χ1v) is 33.2. The van der Waals surface area contributed by atoms with E-state index in [0.29, 0.717) is 59.0 Å². The number of aryl methyl sites for hydroxylation is 10. The number of ether oxygens (including phenoxy) is 2. The molecule has 0 aliphatic heterocycles. The van der Waals surface area contributed by atoms with Crippen molar-refractivity contribution in [1.29, 1.82) is 0 Å².